The lowest BCUT2D eigenvalue weighted by atomic mass is 9.99. The number of nitrogens with zero attached hydrogens (tertiary/aromatic N) is 3. The van der Waals surface area contributed by atoms with Gasteiger partial charge in [0.05, 0.1) is 12.2 Å². The van der Waals surface area contributed by atoms with Crippen LogP contribution in [-0.2, 0) is 19.2 Å². The first-order chi connectivity index (χ1) is 15.3. The van der Waals surface area contributed by atoms with Crippen molar-refractivity contribution in [1.29, 1.82) is 0 Å². The molecule has 0 aromatic heterocycles. The lowest BCUT2D eigenvalue weighted by Gasteiger charge is -2.37. The van der Waals surface area contributed by atoms with E-state index in [0.29, 0.717) is 19.4 Å². The van der Waals surface area contributed by atoms with Crippen molar-refractivity contribution in [2.75, 3.05) is 20.6 Å². The standard InChI is InChI=1S/C23H38N4O6/c1-14(2)20(23(33)25(5)15(3)21(24)31)26(6)22(32)17-10-9-13-27(17)19(30)12-8-7-11-18(29)16(4)28/h7-8,11-12,14-18,20,28-29H,9-10,13H2,1-6H3,(H2,24,31)/b11-7+,12-8+/t15-,16+,17-,18-,20+/m0/s1. The smallest absolute Gasteiger partial charge is 0.247 e. The summed E-state index contributed by atoms with van der Waals surface area (Å²) in [6, 6.07) is -2.34. The highest BCUT2D eigenvalue weighted by Crippen LogP contribution is 2.23. The number of aliphatic hydroxyl groups is 2. The van der Waals surface area contributed by atoms with Crippen molar-refractivity contribution in [3.8, 4) is 0 Å². The normalized spacial score (nSPS) is 20.2. The van der Waals surface area contributed by atoms with E-state index in [9.17, 15) is 29.4 Å². The van der Waals surface area contributed by atoms with Crippen molar-refractivity contribution >= 4 is 23.6 Å². The van der Waals surface area contributed by atoms with Gasteiger partial charge in [-0.3, -0.25) is 19.2 Å². The van der Waals surface area contributed by atoms with Gasteiger partial charge in [0.25, 0.3) is 0 Å². The van der Waals surface area contributed by atoms with E-state index in [1.165, 1.54) is 66.9 Å². The summed E-state index contributed by atoms with van der Waals surface area (Å²) in [4.78, 5) is 54.6. The summed E-state index contributed by atoms with van der Waals surface area (Å²) in [6.45, 7) is 7.00. The molecule has 33 heavy (non-hydrogen) atoms. The molecule has 4 amide bonds. The third kappa shape index (κ3) is 7.40. The van der Waals surface area contributed by atoms with E-state index < -0.39 is 42.1 Å². The molecular weight excluding hydrogens is 428 g/mol. The lowest BCUT2D eigenvalue weighted by molar-refractivity contribution is -0.151. The molecule has 10 heteroatoms. The zero-order chi connectivity index (χ0) is 25.5. The van der Waals surface area contributed by atoms with Crippen LogP contribution >= 0.6 is 0 Å². The van der Waals surface area contributed by atoms with Crippen LogP contribution in [0.3, 0.4) is 0 Å². The van der Waals surface area contributed by atoms with E-state index in [1.54, 1.807) is 0 Å². The molecule has 1 rings (SSSR count). The first kappa shape index (κ1) is 28.3. The number of likely N-dealkylation sites (tertiary alicyclic amines) is 1. The summed E-state index contributed by atoms with van der Waals surface area (Å²) in [6.07, 6.45) is 4.71. The number of likely N-dealkylation sites (N-methyl/N-ethyl adjacent to an activating group) is 2. The molecule has 0 aromatic rings. The highest BCUT2D eigenvalue weighted by molar-refractivity contribution is 5.96. The molecule has 1 saturated heterocycles. The van der Waals surface area contributed by atoms with Crippen LogP contribution in [0.2, 0.25) is 0 Å². The fourth-order valence-corrected chi connectivity index (χ4v) is 3.72. The Bertz CT molecular complexity index is 779. The Morgan fingerprint density at radius 3 is 2.15 bits per heavy atom. The minimum Gasteiger partial charge on any atom is -0.390 e. The molecule has 0 aromatic carbocycles. The highest BCUT2D eigenvalue weighted by atomic mass is 16.3. The van der Waals surface area contributed by atoms with Crippen molar-refractivity contribution in [2.45, 2.75) is 70.9 Å². The van der Waals surface area contributed by atoms with Gasteiger partial charge in [-0.15, -0.1) is 0 Å². The van der Waals surface area contributed by atoms with Gasteiger partial charge in [0, 0.05) is 26.7 Å². The fraction of sp³-hybridized carbons (Fsp3) is 0.652. The predicted molar refractivity (Wildman–Crippen MR) is 124 cm³/mol. The lowest BCUT2D eigenvalue weighted by Crippen LogP contribution is -2.57. The molecule has 0 unspecified atom stereocenters. The van der Waals surface area contributed by atoms with Crippen molar-refractivity contribution in [3.05, 3.63) is 24.3 Å². The molecule has 0 aliphatic carbocycles. The maximum Gasteiger partial charge on any atom is 0.247 e. The largest absolute Gasteiger partial charge is 0.390 e. The molecule has 0 radical (unpaired) electrons. The minimum absolute atomic E-state index is 0.232. The molecule has 186 valence electrons. The van der Waals surface area contributed by atoms with E-state index in [4.69, 9.17) is 5.73 Å². The van der Waals surface area contributed by atoms with E-state index in [2.05, 4.69) is 0 Å². The molecular formula is C23H38N4O6. The van der Waals surface area contributed by atoms with Crippen molar-refractivity contribution in [1.82, 2.24) is 14.7 Å². The van der Waals surface area contributed by atoms with Gasteiger partial charge in [-0.25, -0.2) is 0 Å². The number of hydrogen-bond acceptors (Lipinski definition) is 6. The van der Waals surface area contributed by atoms with E-state index in [1.807, 2.05) is 13.8 Å². The Morgan fingerprint density at radius 1 is 1.03 bits per heavy atom. The van der Waals surface area contributed by atoms with E-state index >= 15 is 0 Å². The monoisotopic (exact) mass is 466 g/mol. The summed E-state index contributed by atoms with van der Waals surface area (Å²) in [5.41, 5.74) is 5.32. The summed E-state index contributed by atoms with van der Waals surface area (Å²) in [5.74, 6) is -1.98. The van der Waals surface area contributed by atoms with Gasteiger partial charge in [0.2, 0.25) is 23.6 Å². The molecule has 0 bridgehead atoms. The molecule has 5 atom stereocenters. The van der Waals surface area contributed by atoms with Crippen LogP contribution in [-0.4, -0.2) is 99.5 Å². The van der Waals surface area contributed by atoms with E-state index in [0.717, 1.165) is 0 Å². The van der Waals surface area contributed by atoms with Crippen molar-refractivity contribution < 1.29 is 29.4 Å². The topological polar surface area (TPSA) is 144 Å². The Hall–Kier alpha value is -2.72. The third-order valence-corrected chi connectivity index (χ3v) is 5.96. The van der Waals surface area contributed by atoms with Crippen molar-refractivity contribution in [2.24, 2.45) is 11.7 Å². The Labute approximate surface area is 195 Å². The summed E-state index contributed by atoms with van der Waals surface area (Å²) in [5, 5.41) is 18.8. The maximum atomic E-state index is 13.3. The molecule has 0 spiro atoms. The number of aliphatic hydroxyl groups excluding tert-OH is 2. The van der Waals surface area contributed by atoms with Gasteiger partial charge in [-0.2, -0.15) is 0 Å². The minimum atomic E-state index is -1.04. The Kier molecular flexibility index (Phi) is 10.7. The molecule has 1 heterocycles. The fourth-order valence-electron chi connectivity index (χ4n) is 3.72. The van der Waals surface area contributed by atoms with Gasteiger partial charge < -0.3 is 30.6 Å². The molecule has 10 nitrogen and oxygen atoms in total. The van der Waals surface area contributed by atoms with Gasteiger partial charge in [-0.05, 0) is 32.6 Å². The zero-order valence-corrected chi connectivity index (χ0v) is 20.3. The van der Waals surface area contributed by atoms with E-state index in [-0.39, 0.29) is 17.7 Å². The number of rotatable bonds is 10. The molecule has 0 saturated carbocycles. The number of carbonyl (C=O) groups excluding carboxylic acids is 4. The number of hydrogen-bond donors (Lipinski definition) is 3. The van der Waals surface area contributed by atoms with Gasteiger partial charge in [0.15, 0.2) is 0 Å². The van der Waals surface area contributed by atoms with Crippen molar-refractivity contribution in [3.63, 3.8) is 0 Å². The predicted octanol–water partition coefficient (Wildman–Crippen LogP) is -0.353. The SMILES string of the molecule is CC(C)[C@H](C(=O)N(C)[C@@H](C)C(N)=O)N(C)C(=O)[C@@H]1CCCN1C(=O)/C=C/C=C/[C@H](O)[C@@H](C)O. The Morgan fingerprint density at radius 2 is 1.64 bits per heavy atom. The maximum absolute atomic E-state index is 13.3. The number of allylic oxidation sites excluding steroid dienone is 2. The zero-order valence-electron chi connectivity index (χ0n) is 20.3. The van der Waals surface area contributed by atoms with Gasteiger partial charge in [0.1, 0.15) is 18.1 Å². The molecule has 1 aliphatic rings. The second-order valence-electron chi connectivity index (χ2n) is 8.83. The Balaban J connectivity index is 2.97. The van der Waals surface area contributed by atoms with Crippen LogP contribution in [0.5, 0.6) is 0 Å². The third-order valence-electron chi connectivity index (χ3n) is 5.96. The first-order valence-electron chi connectivity index (χ1n) is 11.1. The molecule has 1 fully saturated rings. The summed E-state index contributed by atoms with van der Waals surface area (Å²) >= 11 is 0. The highest BCUT2D eigenvalue weighted by Gasteiger charge is 2.40. The number of nitrogens with two attached hydrogens (primary N) is 1. The second-order valence-corrected chi connectivity index (χ2v) is 8.83. The van der Waals surface area contributed by atoms with Gasteiger partial charge >= 0.3 is 0 Å². The molecule has 4 N–H and O–H groups in total. The van der Waals surface area contributed by atoms with Crippen LogP contribution in [0, 0.1) is 5.92 Å². The average Bonchev–Trinajstić information content (AvgIpc) is 3.24. The van der Waals surface area contributed by atoms with Crippen LogP contribution in [0.25, 0.3) is 0 Å². The van der Waals surface area contributed by atoms with Crippen LogP contribution in [0.4, 0.5) is 0 Å². The van der Waals surface area contributed by atoms with Crippen LogP contribution in [0.1, 0.15) is 40.5 Å². The van der Waals surface area contributed by atoms with Crippen LogP contribution < -0.4 is 5.73 Å². The number of amides is 4. The number of carbonyl (C=O) groups is 4. The average molecular weight is 467 g/mol. The summed E-state index contributed by atoms with van der Waals surface area (Å²) in [7, 11) is 3.01. The number of primary amides is 1. The first-order valence-corrected chi connectivity index (χ1v) is 11.1. The second kappa shape index (κ2) is 12.5. The summed E-state index contributed by atoms with van der Waals surface area (Å²) < 4.78 is 0. The van der Waals surface area contributed by atoms with Gasteiger partial charge in [-0.1, -0.05) is 32.1 Å². The quantitative estimate of drug-likeness (QED) is 0.296. The molecule has 1 aliphatic heterocycles. The van der Waals surface area contributed by atoms with Crippen LogP contribution in [0.15, 0.2) is 24.3 Å².